The van der Waals surface area contributed by atoms with Crippen LogP contribution in [0.4, 0.5) is 5.69 Å². The molecule has 1 amide bonds. The molecule has 1 saturated heterocycles. The molecule has 0 spiro atoms. The number of amides is 1. The summed E-state index contributed by atoms with van der Waals surface area (Å²) < 4.78 is 0. The van der Waals surface area contributed by atoms with Crippen molar-refractivity contribution in [2.45, 2.75) is 25.1 Å². The minimum absolute atomic E-state index is 0.0191. The normalized spacial score (nSPS) is 14.0. The first-order valence-electron chi connectivity index (χ1n) is 8.46. The van der Waals surface area contributed by atoms with Crippen molar-refractivity contribution >= 4 is 23.4 Å². The smallest absolute Gasteiger partial charge is 0.251 e. The van der Waals surface area contributed by atoms with E-state index in [0.29, 0.717) is 12.1 Å². The second-order valence-electron chi connectivity index (χ2n) is 6.17. The summed E-state index contributed by atoms with van der Waals surface area (Å²) in [5, 5.41) is 3.00. The lowest BCUT2D eigenvalue weighted by molar-refractivity contribution is 0.0951. The van der Waals surface area contributed by atoms with Gasteiger partial charge < -0.3 is 10.2 Å². The molecule has 0 aliphatic carbocycles. The van der Waals surface area contributed by atoms with Gasteiger partial charge in [0.1, 0.15) is 0 Å². The highest BCUT2D eigenvalue weighted by Gasteiger charge is 2.12. The van der Waals surface area contributed by atoms with Crippen LogP contribution in [0, 0.1) is 0 Å². The fourth-order valence-electron chi connectivity index (χ4n) is 3.00. The molecule has 1 fully saturated rings. The molecule has 3 nitrogen and oxygen atoms in total. The quantitative estimate of drug-likeness (QED) is 0.860. The average Bonchev–Trinajstić information content (AvgIpc) is 3.16. The van der Waals surface area contributed by atoms with Crippen LogP contribution in [0.15, 0.2) is 48.5 Å². The summed E-state index contributed by atoms with van der Waals surface area (Å²) in [6.45, 7) is 2.87. The van der Waals surface area contributed by atoms with Crippen LogP contribution in [0.25, 0.3) is 0 Å². The fraction of sp³-hybridized carbons (Fsp3) is 0.350. The van der Waals surface area contributed by atoms with E-state index in [1.165, 1.54) is 24.1 Å². The van der Waals surface area contributed by atoms with Crippen LogP contribution in [-0.4, -0.2) is 25.3 Å². The van der Waals surface area contributed by atoms with Gasteiger partial charge in [0.25, 0.3) is 5.91 Å². The minimum atomic E-state index is -0.0191. The van der Waals surface area contributed by atoms with E-state index in [4.69, 9.17) is 0 Å². The van der Waals surface area contributed by atoms with Gasteiger partial charge in [-0.25, -0.2) is 0 Å². The molecule has 0 saturated carbocycles. The van der Waals surface area contributed by atoms with Crippen LogP contribution in [-0.2, 0) is 12.3 Å². The number of carbonyl (C=O) groups is 1. The van der Waals surface area contributed by atoms with Gasteiger partial charge in [-0.1, -0.05) is 24.3 Å². The Bertz CT molecular complexity index is 661. The van der Waals surface area contributed by atoms with Crippen molar-refractivity contribution in [1.29, 1.82) is 0 Å². The average molecular weight is 340 g/mol. The van der Waals surface area contributed by atoms with Gasteiger partial charge in [0.2, 0.25) is 0 Å². The van der Waals surface area contributed by atoms with Crippen molar-refractivity contribution in [3.8, 4) is 0 Å². The molecule has 2 aromatic rings. The van der Waals surface area contributed by atoms with Crippen molar-refractivity contribution < 1.29 is 4.79 Å². The van der Waals surface area contributed by atoms with E-state index in [2.05, 4.69) is 40.7 Å². The maximum absolute atomic E-state index is 12.2. The molecule has 1 aliphatic rings. The number of benzene rings is 2. The molecule has 0 unspecified atom stereocenters. The molecular weight excluding hydrogens is 316 g/mol. The number of anilines is 1. The Hall–Kier alpha value is -1.94. The topological polar surface area (TPSA) is 32.3 Å². The first-order chi connectivity index (χ1) is 11.8. The minimum Gasteiger partial charge on any atom is -0.372 e. The Morgan fingerprint density at radius 3 is 2.25 bits per heavy atom. The number of hydrogen-bond acceptors (Lipinski definition) is 3. The summed E-state index contributed by atoms with van der Waals surface area (Å²) in [7, 11) is 0. The number of hydrogen-bond donors (Lipinski definition) is 1. The van der Waals surface area contributed by atoms with Crippen molar-refractivity contribution in [1.82, 2.24) is 5.32 Å². The number of nitrogens with zero attached hydrogens (tertiary/aromatic N) is 1. The van der Waals surface area contributed by atoms with Gasteiger partial charge in [-0.3, -0.25) is 4.79 Å². The van der Waals surface area contributed by atoms with Gasteiger partial charge in [0, 0.05) is 36.6 Å². The van der Waals surface area contributed by atoms with E-state index in [-0.39, 0.29) is 5.91 Å². The third-order valence-electron chi connectivity index (χ3n) is 4.39. The lowest BCUT2D eigenvalue weighted by atomic mass is 10.1. The molecule has 0 bridgehead atoms. The molecule has 2 aromatic carbocycles. The molecule has 0 aromatic heterocycles. The molecule has 3 rings (SSSR count). The zero-order valence-electron chi connectivity index (χ0n) is 14.1. The molecule has 126 valence electrons. The van der Waals surface area contributed by atoms with Crippen molar-refractivity contribution in [2.24, 2.45) is 0 Å². The van der Waals surface area contributed by atoms with Crippen LogP contribution in [0.5, 0.6) is 0 Å². The first kappa shape index (κ1) is 16.9. The van der Waals surface area contributed by atoms with Gasteiger partial charge >= 0.3 is 0 Å². The predicted octanol–water partition coefficient (Wildman–Crippen LogP) is 4.08. The van der Waals surface area contributed by atoms with Gasteiger partial charge in [0.05, 0.1) is 0 Å². The molecule has 4 heteroatoms. The van der Waals surface area contributed by atoms with Crippen molar-refractivity contribution in [3.05, 3.63) is 65.2 Å². The largest absolute Gasteiger partial charge is 0.372 e. The highest BCUT2D eigenvalue weighted by atomic mass is 32.2. The zero-order valence-corrected chi connectivity index (χ0v) is 14.9. The van der Waals surface area contributed by atoms with E-state index in [1.807, 2.05) is 24.3 Å². The van der Waals surface area contributed by atoms with Crippen LogP contribution < -0.4 is 10.2 Å². The van der Waals surface area contributed by atoms with Gasteiger partial charge in [-0.05, 0) is 54.5 Å². The zero-order chi connectivity index (χ0) is 16.8. The monoisotopic (exact) mass is 340 g/mol. The summed E-state index contributed by atoms with van der Waals surface area (Å²) in [5.74, 6) is 0.958. The second kappa shape index (κ2) is 8.25. The lowest BCUT2D eigenvalue weighted by Gasteiger charge is -2.17. The van der Waals surface area contributed by atoms with Crippen LogP contribution >= 0.6 is 11.8 Å². The van der Waals surface area contributed by atoms with E-state index < -0.39 is 0 Å². The lowest BCUT2D eigenvalue weighted by Crippen LogP contribution is -2.23. The SMILES string of the molecule is CSCc1ccc(C(=O)NCc2ccc(N3CCCC3)cc2)cc1. The Labute approximate surface area is 148 Å². The van der Waals surface area contributed by atoms with E-state index in [1.54, 1.807) is 11.8 Å². The van der Waals surface area contributed by atoms with Crippen LogP contribution in [0.1, 0.15) is 34.3 Å². The highest BCUT2D eigenvalue weighted by molar-refractivity contribution is 7.97. The second-order valence-corrected chi connectivity index (χ2v) is 7.04. The van der Waals surface area contributed by atoms with E-state index >= 15 is 0 Å². The Morgan fingerprint density at radius 1 is 1.00 bits per heavy atom. The van der Waals surface area contributed by atoms with Gasteiger partial charge in [-0.15, -0.1) is 0 Å². The van der Waals surface area contributed by atoms with E-state index in [0.717, 1.165) is 24.4 Å². The van der Waals surface area contributed by atoms with Crippen LogP contribution in [0.3, 0.4) is 0 Å². The summed E-state index contributed by atoms with van der Waals surface area (Å²) in [6, 6.07) is 16.4. The maximum Gasteiger partial charge on any atom is 0.251 e. The van der Waals surface area contributed by atoms with Crippen molar-refractivity contribution in [3.63, 3.8) is 0 Å². The fourth-order valence-corrected chi connectivity index (χ4v) is 3.53. The summed E-state index contributed by atoms with van der Waals surface area (Å²) in [6.07, 6.45) is 4.65. The standard InChI is InChI=1S/C20H24N2OS/c1-24-15-17-4-8-18(9-5-17)20(23)21-14-16-6-10-19(11-7-16)22-12-2-3-13-22/h4-11H,2-3,12-15H2,1H3,(H,21,23). The third-order valence-corrected chi connectivity index (χ3v) is 5.01. The number of carbonyl (C=O) groups excluding carboxylic acids is 1. The molecule has 1 heterocycles. The summed E-state index contributed by atoms with van der Waals surface area (Å²) in [5.41, 5.74) is 4.38. The Morgan fingerprint density at radius 2 is 1.62 bits per heavy atom. The predicted molar refractivity (Wildman–Crippen MR) is 103 cm³/mol. The Balaban J connectivity index is 1.53. The molecule has 24 heavy (non-hydrogen) atoms. The number of nitrogens with one attached hydrogen (secondary N) is 1. The number of rotatable bonds is 6. The van der Waals surface area contributed by atoms with Gasteiger partial charge in [0.15, 0.2) is 0 Å². The molecular formula is C20H24N2OS. The first-order valence-corrected chi connectivity index (χ1v) is 9.85. The summed E-state index contributed by atoms with van der Waals surface area (Å²) in [4.78, 5) is 14.7. The maximum atomic E-state index is 12.2. The molecule has 1 aliphatic heterocycles. The van der Waals surface area contributed by atoms with Gasteiger partial charge in [-0.2, -0.15) is 11.8 Å². The number of thioether (sulfide) groups is 1. The molecule has 1 N–H and O–H groups in total. The molecule has 0 radical (unpaired) electrons. The summed E-state index contributed by atoms with van der Waals surface area (Å²) >= 11 is 1.78. The third kappa shape index (κ3) is 4.32. The van der Waals surface area contributed by atoms with Crippen molar-refractivity contribution in [2.75, 3.05) is 24.2 Å². The van der Waals surface area contributed by atoms with Crippen LogP contribution in [0.2, 0.25) is 0 Å². The Kier molecular flexibility index (Phi) is 5.81. The highest BCUT2D eigenvalue weighted by Crippen LogP contribution is 2.20. The molecule has 0 atom stereocenters. The van der Waals surface area contributed by atoms with E-state index in [9.17, 15) is 4.79 Å².